The van der Waals surface area contributed by atoms with E-state index in [1.165, 1.54) is 5.19 Å². The van der Waals surface area contributed by atoms with Crippen LogP contribution < -0.4 is 39.5 Å². The van der Waals surface area contributed by atoms with Crippen molar-refractivity contribution in [2.45, 2.75) is 20.0 Å². The molecule has 13 heavy (non-hydrogen) atoms. The van der Waals surface area contributed by atoms with Crippen molar-refractivity contribution in [1.29, 1.82) is 0 Å². The van der Waals surface area contributed by atoms with Crippen molar-refractivity contribution in [1.82, 2.24) is 0 Å². The van der Waals surface area contributed by atoms with E-state index in [2.05, 4.69) is 37.4 Å². The monoisotopic (exact) mass is 202 g/mol. The summed E-state index contributed by atoms with van der Waals surface area (Å²) in [6.07, 6.45) is 0. The standard InChI is InChI=1S/C10H15OSi.Na/c1-4-11-9-5-7-10(8-6-9)12(2)3;/h5-8H,4H2,1-3H3;/q-1;+1. The van der Waals surface area contributed by atoms with E-state index in [4.69, 9.17) is 4.74 Å². The van der Waals surface area contributed by atoms with Crippen LogP contribution in [0.1, 0.15) is 6.92 Å². The first-order chi connectivity index (χ1) is 5.74. The molecule has 0 aliphatic rings. The van der Waals surface area contributed by atoms with E-state index in [9.17, 15) is 0 Å². The molecule has 0 heterocycles. The second kappa shape index (κ2) is 6.66. The summed E-state index contributed by atoms with van der Waals surface area (Å²) in [7, 11) is -0.299. The maximum atomic E-state index is 5.35. The maximum absolute atomic E-state index is 5.35. The quantitative estimate of drug-likeness (QED) is 0.574. The summed E-state index contributed by atoms with van der Waals surface area (Å²) in [6, 6.07) is 8.44. The molecule has 66 valence electrons. The van der Waals surface area contributed by atoms with Gasteiger partial charge in [0.1, 0.15) is 5.75 Å². The average Bonchev–Trinajstić information content (AvgIpc) is 2.06. The number of rotatable bonds is 3. The Hall–Kier alpha value is 0.237. The van der Waals surface area contributed by atoms with Crippen molar-refractivity contribution in [2.24, 2.45) is 0 Å². The molecule has 1 aromatic carbocycles. The van der Waals surface area contributed by atoms with Gasteiger partial charge < -0.3 is 4.74 Å². The van der Waals surface area contributed by atoms with Gasteiger partial charge in [-0.05, 0) is 19.1 Å². The van der Waals surface area contributed by atoms with Crippen LogP contribution in [0.3, 0.4) is 0 Å². The minimum Gasteiger partial charge on any atom is -0.494 e. The molecule has 1 rings (SSSR count). The average molecular weight is 202 g/mol. The van der Waals surface area contributed by atoms with Crippen molar-refractivity contribution < 1.29 is 34.3 Å². The van der Waals surface area contributed by atoms with Crippen LogP contribution in [0.15, 0.2) is 24.3 Å². The molecule has 0 saturated carbocycles. The molecule has 1 nitrogen and oxygen atoms in total. The van der Waals surface area contributed by atoms with Crippen LogP contribution in [0, 0.1) is 0 Å². The zero-order chi connectivity index (χ0) is 8.97. The van der Waals surface area contributed by atoms with Crippen molar-refractivity contribution >= 4 is 14.0 Å². The van der Waals surface area contributed by atoms with Crippen molar-refractivity contribution in [2.75, 3.05) is 6.61 Å². The fourth-order valence-corrected chi connectivity index (χ4v) is 1.88. The molecule has 0 spiro atoms. The van der Waals surface area contributed by atoms with E-state index < -0.39 is 0 Å². The molecule has 3 heteroatoms. The first-order valence-corrected chi connectivity index (χ1v) is 6.77. The van der Waals surface area contributed by atoms with E-state index >= 15 is 0 Å². The van der Waals surface area contributed by atoms with Gasteiger partial charge in [0.2, 0.25) is 0 Å². The van der Waals surface area contributed by atoms with Gasteiger partial charge >= 0.3 is 29.6 Å². The van der Waals surface area contributed by atoms with Gasteiger partial charge in [-0.2, -0.15) is 18.3 Å². The van der Waals surface area contributed by atoms with E-state index in [0.29, 0.717) is 0 Å². The molecule has 0 bridgehead atoms. The molecule has 1 aromatic rings. The van der Waals surface area contributed by atoms with Gasteiger partial charge in [-0.15, -0.1) is 0 Å². The summed E-state index contributed by atoms with van der Waals surface area (Å²) in [5.41, 5.74) is 0. The first kappa shape index (κ1) is 13.2. The zero-order valence-electron chi connectivity index (χ0n) is 8.92. The van der Waals surface area contributed by atoms with Crippen LogP contribution in [0.2, 0.25) is 13.1 Å². The second-order valence-electron chi connectivity index (χ2n) is 2.96. The topological polar surface area (TPSA) is 9.23 Å². The maximum Gasteiger partial charge on any atom is 1.00 e. The van der Waals surface area contributed by atoms with E-state index in [1.807, 2.05) is 6.92 Å². The SMILES string of the molecule is CCOc1ccc([Si-](C)C)cc1.[Na+]. The van der Waals surface area contributed by atoms with Crippen LogP contribution in [0.4, 0.5) is 0 Å². The van der Waals surface area contributed by atoms with Crippen LogP contribution in [0.5, 0.6) is 5.75 Å². The molecule has 0 unspecified atom stereocenters. The Morgan fingerprint density at radius 3 is 2.08 bits per heavy atom. The van der Waals surface area contributed by atoms with Crippen LogP contribution in [-0.4, -0.2) is 15.4 Å². The molecule has 0 aliphatic heterocycles. The Morgan fingerprint density at radius 2 is 1.69 bits per heavy atom. The van der Waals surface area contributed by atoms with Gasteiger partial charge in [-0.25, -0.2) is 0 Å². The third-order valence-corrected chi connectivity index (χ3v) is 3.23. The first-order valence-electron chi connectivity index (χ1n) is 4.27. The van der Waals surface area contributed by atoms with Crippen molar-refractivity contribution in [3.8, 4) is 5.75 Å². The molecule has 0 aromatic heterocycles. The fraction of sp³-hybridized carbons (Fsp3) is 0.400. The van der Waals surface area contributed by atoms with Gasteiger partial charge in [0.05, 0.1) is 6.61 Å². The van der Waals surface area contributed by atoms with Gasteiger partial charge in [0.25, 0.3) is 0 Å². The summed E-state index contributed by atoms with van der Waals surface area (Å²) in [5.74, 6) is 0.976. The predicted octanol–water partition coefficient (Wildman–Crippen LogP) is -0.949. The smallest absolute Gasteiger partial charge is 0.494 e. The minimum atomic E-state index is -0.299. The Kier molecular flexibility index (Phi) is 6.78. The number of ether oxygens (including phenoxy) is 1. The number of hydrogen-bond donors (Lipinski definition) is 0. The largest absolute Gasteiger partial charge is 1.00 e. The molecule has 0 atom stereocenters. The van der Waals surface area contributed by atoms with Gasteiger partial charge in [-0.1, -0.05) is 12.1 Å². The predicted molar refractivity (Wildman–Crippen MR) is 54.7 cm³/mol. The van der Waals surface area contributed by atoms with Crippen molar-refractivity contribution in [3.63, 3.8) is 0 Å². The summed E-state index contributed by atoms with van der Waals surface area (Å²) in [5, 5.41) is 1.46. The Labute approximate surface area is 104 Å². The molecule has 0 aliphatic carbocycles. The molecule has 0 amide bonds. The molecular formula is C10H15NaOSi. The van der Waals surface area contributed by atoms with Crippen molar-refractivity contribution in [3.05, 3.63) is 24.3 Å². The fourth-order valence-electron chi connectivity index (χ4n) is 1.05. The molecular weight excluding hydrogens is 187 g/mol. The van der Waals surface area contributed by atoms with Gasteiger partial charge in [-0.3, -0.25) is 8.80 Å². The van der Waals surface area contributed by atoms with E-state index in [-0.39, 0.29) is 38.4 Å². The number of hydrogen-bond acceptors (Lipinski definition) is 1. The Bertz CT molecular complexity index is 233. The molecule has 0 saturated heterocycles. The van der Waals surface area contributed by atoms with Crippen LogP contribution in [0.25, 0.3) is 0 Å². The molecule has 0 radical (unpaired) electrons. The molecule has 0 fully saturated rings. The zero-order valence-corrected chi connectivity index (χ0v) is 11.9. The van der Waals surface area contributed by atoms with E-state index in [0.717, 1.165) is 12.4 Å². The number of benzene rings is 1. The minimum absolute atomic E-state index is 0. The normalized spacial score (nSPS) is 8.85. The summed E-state index contributed by atoms with van der Waals surface area (Å²) >= 11 is 0. The van der Waals surface area contributed by atoms with E-state index in [1.54, 1.807) is 0 Å². The van der Waals surface area contributed by atoms with Gasteiger partial charge in [0, 0.05) is 0 Å². The second-order valence-corrected chi connectivity index (χ2v) is 5.53. The molecule has 0 N–H and O–H groups in total. The van der Waals surface area contributed by atoms with Crippen LogP contribution >= 0.6 is 0 Å². The Balaban J connectivity index is 0.00000144. The third-order valence-electron chi connectivity index (χ3n) is 1.74. The summed E-state index contributed by atoms with van der Waals surface area (Å²) in [6.45, 7) is 7.33. The van der Waals surface area contributed by atoms with Gasteiger partial charge in [0.15, 0.2) is 0 Å². The Morgan fingerprint density at radius 1 is 1.15 bits per heavy atom. The summed E-state index contributed by atoms with van der Waals surface area (Å²) < 4.78 is 5.35. The third kappa shape index (κ3) is 4.32. The summed E-state index contributed by atoms with van der Waals surface area (Å²) in [4.78, 5) is 0. The van der Waals surface area contributed by atoms with Crippen LogP contribution in [-0.2, 0) is 0 Å².